The number of hydrogen-bond donors (Lipinski definition) is 0. The zero-order chi connectivity index (χ0) is 15.7. The molecule has 0 radical (unpaired) electrons. The Morgan fingerprint density at radius 2 is 1.87 bits per heavy atom. The Bertz CT molecular complexity index is 554. The first-order valence-electron chi connectivity index (χ1n) is 9.32. The van der Waals surface area contributed by atoms with Crippen molar-refractivity contribution < 1.29 is 4.79 Å². The van der Waals surface area contributed by atoms with Crippen LogP contribution in [-0.2, 0) is 11.3 Å². The minimum Gasteiger partial charge on any atom is -0.333 e. The van der Waals surface area contributed by atoms with Gasteiger partial charge < -0.3 is 9.80 Å². The summed E-state index contributed by atoms with van der Waals surface area (Å²) in [7, 11) is 0. The first kappa shape index (κ1) is 15.2. The third-order valence-corrected chi connectivity index (χ3v) is 6.08. The summed E-state index contributed by atoms with van der Waals surface area (Å²) in [5.74, 6) is 1.33. The lowest BCUT2D eigenvalue weighted by atomic mass is 9.87. The largest absolute Gasteiger partial charge is 0.333 e. The van der Waals surface area contributed by atoms with Gasteiger partial charge in [-0.3, -0.25) is 4.79 Å². The van der Waals surface area contributed by atoms with Crippen LogP contribution in [0.2, 0.25) is 0 Å². The van der Waals surface area contributed by atoms with E-state index in [2.05, 4.69) is 34.1 Å². The third-order valence-electron chi connectivity index (χ3n) is 6.08. The number of rotatable bonds is 4. The summed E-state index contributed by atoms with van der Waals surface area (Å²) < 4.78 is 0. The molecule has 2 saturated heterocycles. The normalized spacial score (nSPS) is 29.2. The van der Waals surface area contributed by atoms with Gasteiger partial charge >= 0.3 is 0 Å². The molecule has 1 amide bonds. The molecule has 2 heterocycles. The van der Waals surface area contributed by atoms with Crippen LogP contribution in [-0.4, -0.2) is 40.9 Å². The predicted molar refractivity (Wildman–Crippen MR) is 92.0 cm³/mol. The molecule has 3 aliphatic rings. The number of nitrogens with zero attached hydrogens (tertiary/aromatic N) is 2. The quantitative estimate of drug-likeness (QED) is 0.850. The molecule has 3 fully saturated rings. The van der Waals surface area contributed by atoms with Crippen molar-refractivity contribution in [2.24, 2.45) is 5.92 Å². The molecule has 3 heteroatoms. The molecule has 1 aliphatic carbocycles. The van der Waals surface area contributed by atoms with Gasteiger partial charge in [-0.15, -0.1) is 0 Å². The maximum Gasteiger partial charge on any atom is 0.223 e. The lowest BCUT2D eigenvalue weighted by molar-refractivity contribution is -0.132. The predicted octanol–water partition coefficient (Wildman–Crippen LogP) is 3.44. The molecule has 0 aromatic heterocycles. The second-order valence-corrected chi connectivity index (χ2v) is 7.79. The van der Waals surface area contributed by atoms with Crippen LogP contribution in [0.3, 0.4) is 0 Å². The Morgan fingerprint density at radius 1 is 1.04 bits per heavy atom. The van der Waals surface area contributed by atoms with Crippen molar-refractivity contribution in [2.75, 3.05) is 19.6 Å². The van der Waals surface area contributed by atoms with Crippen LogP contribution in [0.25, 0.3) is 0 Å². The van der Waals surface area contributed by atoms with Crippen molar-refractivity contribution >= 4 is 5.91 Å². The van der Waals surface area contributed by atoms with E-state index < -0.39 is 0 Å². The van der Waals surface area contributed by atoms with E-state index >= 15 is 0 Å². The van der Waals surface area contributed by atoms with Crippen LogP contribution in [0.15, 0.2) is 30.3 Å². The first-order chi connectivity index (χ1) is 11.3. The van der Waals surface area contributed by atoms with Crippen molar-refractivity contribution in [3.05, 3.63) is 35.9 Å². The van der Waals surface area contributed by atoms with Gasteiger partial charge in [0.05, 0.1) is 0 Å². The van der Waals surface area contributed by atoms with Crippen LogP contribution < -0.4 is 0 Å². The summed E-state index contributed by atoms with van der Waals surface area (Å²) in [5.41, 5.74) is 1.40. The van der Waals surface area contributed by atoms with Gasteiger partial charge in [0.15, 0.2) is 0 Å². The molecule has 1 aromatic rings. The summed E-state index contributed by atoms with van der Waals surface area (Å²) >= 11 is 0. The summed E-state index contributed by atoms with van der Waals surface area (Å²) in [6.07, 6.45) is 8.27. The Balaban J connectivity index is 1.47. The zero-order valence-electron chi connectivity index (χ0n) is 14.0. The van der Waals surface area contributed by atoms with E-state index in [1.165, 1.54) is 50.9 Å². The molecule has 124 valence electrons. The monoisotopic (exact) mass is 312 g/mol. The van der Waals surface area contributed by atoms with Gasteiger partial charge in [0.1, 0.15) is 0 Å². The lowest BCUT2D eigenvalue weighted by Crippen LogP contribution is -2.46. The molecular formula is C20H28N2O. The molecule has 0 unspecified atom stereocenters. The smallest absolute Gasteiger partial charge is 0.223 e. The van der Waals surface area contributed by atoms with Crippen molar-refractivity contribution in [1.29, 1.82) is 0 Å². The molecule has 1 saturated carbocycles. The number of amides is 1. The third kappa shape index (κ3) is 3.30. The highest BCUT2D eigenvalue weighted by atomic mass is 16.2. The molecule has 0 N–H and O–H groups in total. The van der Waals surface area contributed by atoms with Crippen LogP contribution >= 0.6 is 0 Å². The highest BCUT2D eigenvalue weighted by Crippen LogP contribution is 2.40. The van der Waals surface area contributed by atoms with Crippen LogP contribution in [0.4, 0.5) is 0 Å². The standard InChI is InChI=1S/C20H28N2O/c23-19-9-11-20(22(19)16-17-5-2-1-3-6-17)10-4-13-21(14-12-20)15-18-7-8-18/h1-3,5-6,18H,4,7-16H2/t20-/m1/s1. The van der Waals surface area contributed by atoms with E-state index in [0.29, 0.717) is 5.91 Å². The fourth-order valence-corrected chi connectivity index (χ4v) is 4.50. The van der Waals surface area contributed by atoms with Crippen molar-refractivity contribution in [2.45, 2.75) is 57.0 Å². The number of carbonyl (C=O) groups is 1. The molecule has 2 aliphatic heterocycles. The Hall–Kier alpha value is -1.35. The number of benzene rings is 1. The van der Waals surface area contributed by atoms with Crippen LogP contribution in [0.1, 0.15) is 50.5 Å². The molecule has 0 bridgehead atoms. The van der Waals surface area contributed by atoms with Crippen molar-refractivity contribution in [1.82, 2.24) is 9.80 Å². The number of carbonyl (C=O) groups excluding carboxylic acids is 1. The van der Waals surface area contributed by atoms with E-state index in [9.17, 15) is 4.79 Å². The van der Waals surface area contributed by atoms with E-state index in [1.54, 1.807) is 0 Å². The Labute approximate surface area is 139 Å². The molecule has 3 nitrogen and oxygen atoms in total. The van der Waals surface area contributed by atoms with E-state index in [0.717, 1.165) is 31.7 Å². The highest BCUT2D eigenvalue weighted by molar-refractivity contribution is 5.79. The Kier molecular flexibility index (Phi) is 4.14. The van der Waals surface area contributed by atoms with Gasteiger partial charge in [0.25, 0.3) is 0 Å². The van der Waals surface area contributed by atoms with Gasteiger partial charge in [0, 0.05) is 31.6 Å². The molecule has 1 atom stereocenters. The second kappa shape index (κ2) is 6.27. The minimum atomic E-state index is 0.130. The summed E-state index contributed by atoms with van der Waals surface area (Å²) in [6, 6.07) is 10.5. The fraction of sp³-hybridized carbons (Fsp3) is 0.650. The summed E-state index contributed by atoms with van der Waals surface area (Å²) in [6.45, 7) is 4.49. The molecule has 4 rings (SSSR count). The average molecular weight is 312 g/mol. The van der Waals surface area contributed by atoms with Gasteiger partial charge in [-0.2, -0.15) is 0 Å². The maximum atomic E-state index is 12.5. The van der Waals surface area contributed by atoms with E-state index in [4.69, 9.17) is 0 Å². The number of hydrogen-bond acceptors (Lipinski definition) is 2. The molecule has 1 spiro atoms. The van der Waals surface area contributed by atoms with Gasteiger partial charge in [-0.05, 0) is 56.6 Å². The topological polar surface area (TPSA) is 23.6 Å². The van der Waals surface area contributed by atoms with E-state index in [-0.39, 0.29) is 5.54 Å². The fourth-order valence-electron chi connectivity index (χ4n) is 4.50. The van der Waals surface area contributed by atoms with Gasteiger partial charge in [0.2, 0.25) is 5.91 Å². The minimum absolute atomic E-state index is 0.130. The summed E-state index contributed by atoms with van der Waals surface area (Å²) in [4.78, 5) is 17.4. The van der Waals surface area contributed by atoms with Crippen LogP contribution in [0.5, 0.6) is 0 Å². The highest BCUT2D eigenvalue weighted by Gasteiger charge is 2.45. The first-order valence-corrected chi connectivity index (χ1v) is 9.32. The Morgan fingerprint density at radius 3 is 2.65 bits per heavy atom. The summed E-state index contributed by atoms with van der Waals surface area (Å²) in [5, 5.41) is 0. The average Bonchev–Trinajstić information content (AvgIpc) is 3.36. The SMILES string of the molecule is O=C1CC[C@@]2(CCCN(CC3CC3)CC2)N1Cc1ccccc1. The molecule has 23 heavy (non-hydrogen) atoms. The number of likely N-dealkylation sites (tertiary alicyclic amines) is 2. The van der Waals surface area contributed by atoms with Crippen molar-refractivity contribution in [3.63, 3.8) is 0 Å². The zero-order valence-corrected chi connectivity index (χ0v) is 14.0. The van der Waals surface area contributed by atoms with Crippen LogP contribution in [0, 0.1) is 5.92 Å². The molecule has 1 aromatic carbocycles. The molecular weight excluding hydrogens is 284 g/mol. The second-order valence-electron chi connectivity index (χ2n) is 7.79. The van der Waals surface area contributed by atoms with Crippen molar-refractivity contribution in [3.8, 4) is 0 Å². The van der Waals surface area contributed by atoms with Gasteiger partial charge in [-0.1, -0.05) is 30.3 Å². The van der Waals surface area contributed by atoms with E-state index in [1.807, 2.05) is 6.07 Å². The maximum absolute atomic E-state index is 12.5. The lowest BCUT2D eigenvalue weighted by Gasteiger charge is -2.38. The van der Waals surface area contributed by atoms with Gasteiger partial charge in [-0.25, -0.2) is 0 Å².